The molecule has 0 unspecified atom stereocenters. The molecule has 3 aromatic rings. The van der Waals surface area contributed by atoms with Crippen LogP contribution in [-0.4, -0.2) is 18.9 Å². The normalized spacial score (nSPS) is 12.2. The minimum absolute atomic E-state index is 0.116. The Morgan fingerprint density at radius 3 is 2.69 bits per heavy atom. The third kappa shape index (κ3) is 3.66. The van der Waals surface area contributed by atoms with E-state index in [0.717, 1.165) is 33.4 Å². The van der Waals surface area contributed by atoms with E-state index in [1.165, 1.54) is 12.1 Å². The van der Waals surface area contributed by atoms with Gasteiger partial charge in [0, 0.05) is 24.7 Å². The smallest absolute Gasteiger partial charge is 0.273 e. The molecule has 5 nitrogen and oxygen atoms in total. The quantitative estimate of drug-likeness (QED) is 0.627. The number of rotatable bonds is 4. The van der Waals surface area contributed by atoms with Crippen molar-refractivity contribution in [2.45, 2.75) is 11.1 Å². The van der Waals surface area contributed by atoms with Gasteiger partial charge in [0.2, 0.25) is 0 Å². The van der Waals surface area contributed by atoms with Crippen LogP contribution in [0.5, 0.6) is 0 Å². The van der Waals surface area contributed by atoms with Crippen LogP contribution in [0.3, 0.4) is 0 Å². The summed E-state index contributed by atoms with van der Waals surface area (Å²) in [6.07, 6.45) is 4.77. The van der Waals surface area contributed by atoms with Gasteiger partial charge in [-0.25, -0.2) is 13.1 Å². The molecule has 136 valence electrons. The van der Waals surface area contributed by atoms with Crippen molar-refractivity contribution in [3.8, 4) is 0 Å². The highest BCUT2D eigenvalue weighted by Crippen LogP contribution is 2.34. The number of carbonyl (C=O) groups is 1. The lowest BCUT2D eigenvalue weighted by Gasteiger charge is -2.03. The van der Waals surface area contributed by atoms with E-state index in [9.17, 15) is 13.2 Å². The van der Waals surface area contributed by atoms with Crippen molar-refractivity contribution in [1.29, 1.82) is 0 Å². The molecule has 2 heterocycles. The molecule has 0 aliphatic rings. The second kappa shape index (κ2) is 7.08. The van der Waals surface area contributed by atoms with Gasteiger partial charge >= 0.3 is 0 Å². The maximum Gasteiger partial charge on any atom is 0.273 e. The van der Waals surface area contributed by atoms with E-state index in [1.807, 2.05) is 47.7 Å². The number of aromatic nitrogens is 1. The highest BCUT2D eigenvalue weighted by Gasteiger charge is 2.20. The van der Waals surface area contributed by atoms with Gasteiger partial charge in [-0.2, -0.15) is 0 Å². The van der Waals surface area contributed by atoms with Crippen LogP contribution >= 0.6 is 34.5 Å². The molecule has 0 atom stereocenters. The summed E-state index contributed by atoms with van der Waals surface area (Å²) in [5.74, 6) is -0.756. The molecule has 0 aliphatic carbocycles. The van der Waals surface area contributed by atoms with Gasteiger partial charge in [0.15, 0.2) is 0 Å². The van der Waals surface area contributed by atoms with Gasteiger partial charge in [0.25, 0.3) is 15.9 Å². The van der Waals surface area contributed by atoms with Gasteiger partial charge in [-0.1, -0.05) is 41.4 Å². The topological polar surface area (TPSA) is 68.2 Å². The molecule has 1 N–H and O–H groups in total. The van der Waals surface area contributed by atoms with Crippen LogP contribution in [0, 0.1) is 6.92 Å². The molecule has 0 spiro atoms. The lowest BCUT2D eigenvalue weighted by Crippen LogP contribution is -2.28. The van der Waals surface area contributed by atoms with Gasteiger partial charge in [-0.3, -0.25) is 4.79 Å². The minimum Gasteiger partial charge on any atom is -0.350 e. The minimum atomic E-state index is -4.02. The molecule has 9 heteroatoms. The lowest BCUT2D eigenvalue weighted by atomic mass is 10.1. The number of aryl methyl sites for hydroxylation is 2. The number of carbonyl (C=O) groups excluding carboxylic acids is 1. The van der Waals surface area contributed by atoms with E-state index >= 15 is 0 Å². The highest BCUT2D eigenvalue weighted by atomic mass is 35.5. The highest BCUT2D eigenvalue weighted by molar-refractivity contribution is 7.92. The van der Waals surface area contributed by atoms with Gasteiger partial charge in [-0.15, -0.1) is 11.3 Å². The molecule has 0 radical (unpaired) electrons. The molecule has 0 fully saturated rings. The fourth-order valence-electron chi connectivity index (χ4n) is 2.67. The Bertz CT molecular complexity index is 1120. The molecule has 3 rings (SSSR count). The summed E-state index contributed by atoms with van der Waals surface area (Å²) in [4.78, 5) is 12.1. The zero-order chi connectivity index (χ0) is 19.1. The number of sulfonamides is 1. The number of para-hydroxylation sites is 1. The molecule has 0 bridgehead atoms. The first-order valence-corrected chi connectivity index (χ1v) is 10.5. The van der Waals surface area contributed by atoms with E-state index in [2.05, 4.69) is 0 Å². The Hall–Kier alpha value is -1.80. The number of benzene rings is 1. The zero-order valence-electron chi connectivity index (χ0n) is 13.8. The van der Waals surface area contributed by atoms with Crippen LogP contribution in [0.25, 0.3) is 17.0 Å². The SMILES string of the molecule is Cc1cn(C)c2c(C=CC(=O)NS(=O)(=O)c3cc(Cl)c(Cl)s3)cccc12. The summed E-state index contributed by atoms with van der Waals surface area (Å²) in [6.45, 7) is 2.01. The fraction of sp³-hybridized carbons (Fsp3) is 0.118. The number of thiophene rings is 1. The van der Waals surface area contributed by atoms with E-state index < -0.39 is 15.9 Å². The summed E-state index contributed by atoms with van der Waals surface area (Å²) in [5.41, 5.74) is 2.90. The van der Waals surface area contributed by atoms with Crippen molar-refractivity contribution >= 4 is 67.4 Å². The van der Waals surface area contributed by atoms with Crippen molar-refractivity contribution in [3.63, 3.8) is 0 Å². The first-order chi connectivity index (χ1) is 12.2. The van der Waals surface area contributed by atoms with Crippen LogP contribution in [0.15, 0.2) is 40.7 Å². The molecule has 26 heavy (non-hydrogen) atoms. The maximum atomic E-state index is 12.2. The lowest BCUT2D eigenvalue weighted by molar-refractivity contribution is -0.114. The number of nitrogens with one attached hydrogen (secondary N) is 1. The van der Waals surface area contributed by atoms with Crippen LogP contribution in [0.4, 0.5) is 0 Å². The Morgan fingerprint density at radius 2 is 2.04 bits per heavy atom. The maximum absolute atomic E-state index is 12.2. The van der Waals surface area contributed by atoms with Crippen molar-refractivity contribution in [3.05, 3.63) is 57.0 Å². The second-order valence-corrected chi connectivity index (χ2v) is 9.63. The van der Waals surface area contributed by atoms with E-state index in [0.29, 0.717) is 0 Å². The Labute approximate surface area is 164 Å². The van der Waals surface area contributed by atoms with Crippen LogP contribution in [-0.2, 0) is 21.9 Å². The number of amides is 1. The average molecular weight is 429 g/mol. The van der Waals surface area contributed by atoms with Gasteiger partial charge in [-0.05, 0) is 30.2 Å². The zero-order valence-corrected chi connectivity index (χ0v) is 16.9. The van der Waals surface area contributed by atoms with Gasteiger partial charge in [0.1, 0.15) is 8.55 Å². The number of fused-ring (bicyclic) bond motifs is 1. The molecular weight excluding hydrogens is 415 g/mol. The molecule has 1 amide bonds. The fourth-order valence-corrected chi connectivity index (χ4v) is 5.50. The van der Waals surface area contributed by atoms with Crippen LogP contribution < -0.4 is 4.72 Å². The van der Waals surface area contributed by atoms with E-state index in [4.69, 9.17) is 23.2 Å². The molecule has 0 saturated carbocycles. The van der Waals surface area contributed by atoms with Gasteiger partial charge in [0.05, 0.1) is 10.5 Å². The summed E-state index contributed by atoms with van der Waals surface area (Å²) < 4.78 is 28.4. The van der Waals surface area contributed by atoms with Crippen LogP contribution in [0.2, 0.25) is 9.36 Å². The number of halogens is 2. The first-order valence-electron chi connectivity index (χ1n) is 7.43. The van der Waals surface area contributed by atoms with E-state index in [-0.39, 0.29) is 13.6 Å². The number of hydrogen-bond acceptors (Lipinski definition) is 4. The standard InChI is InChI=1S/C17H14Cl2N2O3S2/c1-10-9-21(2)16-11(4-3-5-12(10)16)6-7-14(22)20-26(23,24)15-8-13(18)17(19)25-15/h3-9H,1-2H3,(H,20,22). The number of nitrogens with zero attached hydrogens (tertiary/aromatic N) is 1. The monoisotopic (exact) mass is 428 g/mol. The summed E-state index contributed by atoms with van der Waals surface area (Å²) in [5, 5.41) is 1.20. The summed E-state index contributed by atoms with van der Waals surface area (Å²) >= 11 is 12.3. The predicted octanol–water partition coefficient (Wildman–Crippen LogP) is 4.37. The first kappa shape index (κ1) is 19.0. The molecular formula is C17H14Cl2N2O3S2. The second-order valence-electron chi connectivity index (χ2n) is 5.66. The predicted molar refractivity (Wildman–Crippen MR) is 106 cm³/mol. The summed E-state index contributed by atoms with van der Waals surface area (Å²) in [7, 11) is -2.10. The van der Waals surface area contributed by atoms with Gasteiger partial charge < -0.3 is 4.57 Å². The third-order valence-corrected chi connectivity index (χ3v) is 7.45. The molecule has 2 aromatic heterocycles. The largest absolute Gasteiger partial charge is 0.350 e. The summed E-state index contributed by atoms with van der Waals surface area (Å²) in [6, 6.07) is 6.95. The van der Waals surface area contributed by atoms with Crippen LogP contribution in [0.1, 0.15) is 11.1 Å². The molecule has 0 aliphatic heterocycles. The van der Waals surface area contributed by atoms with Crippen molar-refractivity contribution in [2.75, 3.05) is 0 Å². The average Bonchev–Trinajstić information content (AvgIpc) is 3.06. The Balaban J connectivity index is 1.84. The number of hydrogen-bond donors (Lipinski definition) is 1. The van der Waals surface area contributed by atoms with Crippen molar-refractivity contribution in [1.82, 2.24) is 9.29 Å². The Kier molecular flexibility index (Phi) is 5.16. The Morgan fingerprint density at radius 1 is 1.31 bits per heavy atom. The third-order valence-electron chi connectivity index (χ3n) is 3.77. The molecule has 0 saturated heterocycles. The van der Waals surface area contributed by atoms with Crippen molar-refractivity contribution in [2.24, 2.45) is 7.05 Å². The molecule has 1 aromatic carbocycles. The van der Waals surface area contributed by atoms with E-state index in [1.54, 1.807) is 6.08 Å². The van der Waals surface area contributed by atoms with Crippen molar-refractivity contribution < 1.29 is 13.2 Å².